The predicted octanol–water partition coefficient (Wildman–Crippen LogP) is -0.103. The van der Waals surface area contributed by atoms with Gasteiger partial charge in [-0.3, -0.25) is 0 Å². The van der Waals surface area contributed by atoms with E-state index in [0.29, 0.717) is 0 Å². The highest BCUT2D eigenvalue weighted by molar-refractivity contribution is 5.31. The van der Waals surface area contributed by atoms with E-state index in [1.165, 1.54) is 4.68 Å². The maximum Gasteiger partial charge on any atom is 0.213 e. The van der Waals surface area contributed by atoms with E-state index in [4.69, 9.17) is 5.84 Å². The average Bonchev–Trinajstić information content (AvgIpc) is 1.86. The highest BCUT2D eigenvalue weighted by atomic mass is 15.3. The number of hydrogen-bond acceptors (Lipinski definition) is 0. The summed E-state index contributed by atoms with van der Waals surface area (Å²) in [6.07, 6.45) is 1.79. The normalized spacial score (nSPS) is 13.6. The van der Waals surface area contributed by atoms with Gasteiger partial charge < -0.3 is 5.84 Å². The van der Waals surface area contributed by atoms with Gasteiger partial charge in [0.25, 0.3) is 0 Å². The van der Waals surface area contributed by atoms with Gasteiger partial charge in [0.15, 0.2) is 6.20 Å². The number of nitrogens with one attached hydrogen (secondary N) is 1. The van der Waals surface area contributed by atoms with Crippen molar-refractivity contribution in [2.24, 2.45) is 0 Å². The van der Waals surface area contributed by atoms with E-state index in [-0.39, 0.29) is 0 Å². The fourth-order valence-electron chi connectivity index (χ4n) is 0.959. The van der Waals surface area contributed by atoms with Crippen molar-refractivity contribution in [2.45, 2.75) is 0 Å². The van der Waals surface area contributed by atoms with E-state index >= 15 is 0 Å². The van der Waals surface area contributed by atoms with Crippen molar-refractivity contribution in [3.05, 3.63) is 40.7 Å². The van der Waals surface area contributed by atoms with Crippen LogP contribution in [0.15, 0.2) is 24.3 Å². The lowest BCUT2D eigenvalue weighted by Crippen LogP contribution is -2.42. The smallest absolute Gasteiger partial charge is 0.213 e. The minimum absolute atomic E-state index is 0.998. The summed E-state index contributed by atoms with van der Waals surface area (Å²) >= 11 is 0. The van der Waals surface area contributed by atoms with Crippen molar-refractivity contribution in [2.75, 3.05) is 0 Å². The van der Waals surface area contributed by atoms with Crippen molar-refractivity contribution >= 4 is 6.20 Å². The zero-order valence-electron chi connectivity index (χ0n) is 4.83. The molecule has 1 aliphatic heterocycles. The average molecular weight is 118 g/mol. The van der Waals surface area contributed by atoms with Gasteiger partial charge in [-0.1, -0.05) is 12.1 Å². The molecule has 0 bridgehead atoms. The summed E-state index contributed by atoms with van der Waals surface area (Å²) in [7, 11) is 0. The Kier molecular flexibility index (Phi) is 0.681. The molecule has 2 rings (SSSR count). The first kappa shape index (κ1) is 4.56. The van der Waals surface area contributed by atoms with E-state index in [1.54, 1.807) is 6.20 Å². The van der Waals surface area contributed by atoms with Gasteiger partial charge in [0.2, 0.25) is 5.36 Å². The van der Waals surface area contributed by atoms with Crippen molar-refractivity contribution in [3.8, 4) is 0 Å². The Hall–Kier alpha value is -1.31. The second kappa shape index (κ2) is 1.35. The molecule has 1 aliphatic rings. The fourth-order valence-corrected chi connectivity index (χ4v) is 0.959. The van der Waals surface area contributed by atoms with Gasteiger partial charge in [-0.25, -0.2) is 4.68 Å². The summed E-state index contributed by atoms with van der Waals surface area (Å²) in [6.45, 7) is 0. The third kappa shape index (κ3) is 0.470. The predicted molar refractivity (Wildman–Crippen MR) is 35.7 cm³/mol. The van der Waals surface area contributed by atoms with Crippen molar-refractivity contribution in [1.82, 2.24) is 4.68 Å². The molecule has 0 aromatic heterocycles. The van der Waals surface area contributed by atoms with Crippen LogP contribution >= 0.6 is 0 Å². The van der Waals surface area contributed by atoms with Crippen LogP contribution in [0, 0.1) is 0 Å². The lowest BCUT2D eigenvalue weighted by molar-refractivity contribution is 0.949. The number of fused-ring (bicyclic) bond motifs is 1. The lowest BCUT2D eigenvalue weighted by atomic mass is 10.2. The second-order valence-corrected chi connectivity index (χ2v) is 2.06. The molecule has 1 aromatic rings. The Morgan fingerprint density at radius 1 is 1.22 bits per heavy atom. The molecule has 0 spiro atoms. The monoisotopic (exact) mass is 118 g/mol. The van der Waals surface area contributed by atoms with E-state index in [1.807, 2.05) is 24.3 Å². The first-order valence-corrected chi connectivity index (χ1v) is 2.82. The van der Waals surface area contributed by atoms with Crippen LogP contribution in [-0.4, -0.2) is 0 Å². The Balaban J connectivity index is 2.94. The summed E-state index contributed by atoms with van der Waals surface area (Å²) in [5.41, 5.74) is 0. The van der Waals surface area contributed by atoms with Crippen LogP contribution in [0.2, 0.25) is 0 Å². The molecule has 0 fully saturated rings. The summed E-state index contributed by atoms with van der Waals surface area (Å²) in [4.78, 5) is 0. The lowest BCUT2D eigenvalue weighted by Gasteiger charge is -2.02. The van der Waals surface area contributed by atoms with E-state index in [2.05, 4.69) is 0 Å². The Morgan fingerprint density at radius 3 is 2.56 bits per heavy atom. The van der Waals surface area contributed by atoms with E-state index < -0.39 is 0 Å². The SMILES string of the molecule is [NH-][N+]1=c2ccccc2=C1. The Bertz CT molecular complexity index is 351. The number of benzene rings is 1. The molecule has 1 N–H and O–H groups in total. The summed E-state index contributed by atoms with van der Waals surface area (Å²) in [6, 6.07) is 7.85. The van der Waals surface area contributed by atoms with Gasteiger partial charge in [-0.05, 0) is 6.07 Å². The molecular formula is C7H6N2. The molecule has 0 amide bonds. The Morgan fingerprint density at radius 2 is 2.00 bits per heavy atom. The highest BCUT2D eigenvalue weighted by Gasteiger charge is 2.02. The van der Waals surface area contributed by atoms with Crippen LogP contribution in [0.4, 0.5) is 0 Å². The van der Waals surface area contributed by atoms with Gasteiger partial charge in [0, 0.05) is 6.07 Å². The molecule has 2 nitrogen and oxygen atoms in total. The van der Waals surface area contributed by atoms with Gasteiger partial charge >= 0.3 is 0 Å². The van der Waals surface area contributed by atoms with Crippen LogP contribution in [-0.2, 0) is 0 Å². The molecule has 9 heavy (non-hydrogen) atoms. The van der Waals surface area contributed by atoms with E-state index in [0.717, 1.165) is 10.6 Å². The second-order valence-electron chi connectivity index (χ2n) is 2.06. The third-order valence-corrected chi connectivity index (χ3v) is 1.46. The van der Waals surface area contributed by atoms with E-state index in [9.17, 15) is 0 Å². The zero-order valence-corrected chi connectivity index (χ0v) is 4.83. The molecular weight excluding hydrogens is 112 g/mol. The summed E-state index contributed by atoms with van der Waals surface area (Å²) in [5.74, 6) is 7.17. The number of rotatable bonds is 0. The minimum atomic E-state index is 0.998. The largest absolute Gasteiger partial charge is 0.448 e. The minimum Gasteiger partial charge on any atom is -0.448 e. The maximum absolute atomic E-state index is 7.17. The molecule has 0 aliphatic carbocycles. The molecule has 0 radical (unpaired) electrons. The number of hydrogen-bond donors (Lipinski definition) is 0. The first-order valence-electron chi connectivity index (χ1n) is 2.82. The first-order chi connectivity index (χ1) is 4.38. The summed E-state index contributed by atoms with van der Waals surface area (Å²) in [5, 5.41) is 2.16. The summed E-state index contributed by atoms with van der Waals surface area (Å²) < 4.78 is 1.37. The topological polar surface area (TPSA) is 26.8 Å². The van der Waals surface area contributed by atoms with Gasteiger partial charge in [-0.15, -0.1) is 0 Å². The van der Waals surface area contributed by atoms with Gasteiger partial charge in [0.05, 0.1) is 0 Å². The molecule has 0 saturated heterocycles. The van der Waals surface area contributed by atoms with Crippen LogP contribution < -0.4 is 15.3 Å². The number of nitrogens with zero attached hydrogens (tertiary/aromatic N) is 1. The third-order valence-electron chi connectivity index (χ3n) is 1.46. The molecule has 2 heteroatoms. The molecule has 0 unspecified atom stereocenters. The highest BCUT2D eigenvalue weighted by Crippen LogP contribution is 1.78. The van der Waals surface area contributed by atoms with Gasteiger partial charge in [0.1, 0.15) is 5.22 Å². The zero-order chi connectivity index (χ0) is 6.27. The maximum atomic E-state index is 7.17. The molecule has 0 atom stereocenters. The molecule has 0 saturated carbocycles. The van der Waals surface area contributed by atoms with Crippen molar-refractivity contribution < 1.29 is 0 Å². The van der Waals surface area contributed by atoms with Crippen LogP contribution in [0.25, 0.3) is 12.0 Å². The molecule has 1 heterocycles. The van der Waals surface area contributed by atoms with Crippen LogP contribution in [0.3, 0.4) is 0 Å². The van der Waals surface area contributed by atoms with Crippen LogP contribution in [0.1, 0.15) is 0 Å². The quantitative estimate of drug-likeness (QED) is 0.425. The van der Waals surface area contributed by atoms with Gasteiger partial charge in [-0.2, -0.15) is 0 Å². The number of para-hydroxylation sites is 1. The van der Waals surface area contributed by atoms with Crippen molar-refractivity contribution in [1.29, 1.82) is 0 Å². The Labute approximate surface area is 52.5 Å². The molecule has 1 aromatic carbocycles. The van der Waals surface area contributed by atoms with Crippen LogP contribution in [0.5, 0.6) is 0 Å². The van der Waals surface area contributed by atoms with Crippen molar-refractivity contribution in [3.63, 3.8) is 0 Å². The fraction of sp³-hybridized carbons (Fsp3) is 0. The molecule has 44 valence electrons. The standard InChI is InChI=1S/C7H6N2/c8-9-5-6-3-1-2-4-7(6)9/h1-5,8H.